The molecule has 0 saturated carbocycles. The van der Waals surface area contributed by atoms with Gasteiger partial charge in [-0.25, -0.2) is 0 Å². The Balaban J connectivity index is 2.10. The highest BCUT2D eigenvalue weighted by atomic mass is 16.5. The van der Waals surface area contributed by atoms with Gasteiger partial charge in [-0.3, -0.25) is 9.59 Å². The van der Waals surface area contributed by atoms with Crippen molar-refractivity contribution in [2.75, 3.05) is 26.3 Å². The van der Waals surface area contributed by atoms with E-state index >= 15 is 0 Å². The number of hydrogen-bond donors (Lipinski definition) is 2. The van der Waals surface area contributed by atoms with Crippen LogP contribution < -0.4 is 5.73 Å². The molecule has 0 aromatic carbocycles. The monoisotopic (exact) mass is 256 g/mol. The van der Waals surface area contributed by atoms with Crippen LogP contribution >= 0.6 is 0 Å². The van der Waals surface area contributed by atoms with Gasteiger partial charge in [0.2, 0.25) is 5.91 Å². The molecule has 0 radical (unpaired) electrons. The Morgan fingerprint density at radius 3 is 2.56 bits per heavy atom. The lowest BCUT2D eigenvalue weighted by molar-refractivity contribution is -0.143. The lowest BCUT2D eigenvalue weighted by Crippen LogP contribution is -2.51. The Kier molecular flexibility index (Phi) is 3.33. The second-order valence-electron chi connectivity index (χ2n) is 5.67. The van der Waals surface area contributed by atoms with E-state index in [1.54, 1.807) is 11.8 Å². The summed E-state index contributed by atoms with van der Waals surface area (Å²) in [4.78, 5) is 25.1. The van der Waals surface area contributed by atoms with Crippen LogP contribution in [-0.2, 0) is 14.3 Å². The first-order valence-electron chi connectivity index (χ1n) is 6.21. The highest BCUT2D eigenvalue weighted by Gasteiger charge is 2.49. The Morgan fingerprint density at radius 1 is 1.44 bits per heavy atom. The minimum atomic E-state index is -0.838. The van der Waals surface area contributed by atoms with Gasteiger partial charge < -0.3 is 20.5 Å². The Hall–Kier alpha value is -1.14. The lowest BCUT2D eigenvalue weighted by atomic mass is 9.84. The molecule has 102 valence electrons. The number of carboxylic acids is 1. The van der Waals surface area contributed by atoms with E-state index in [2.05, 4.69) is 0 Å². The number of aliphatic carboxylic acids is 1. The van der Waals surface area contributed by atoms with E-state index < -0.39 is 17.3 Å². The summed E-state index contributed by atoms with van der Waals surface area (Å²) >= 11 is 0. The van der Waals surface area contributed by atoms with Crippen LogP contribution in [0.1, 0.15) is 13.8 Å². The van der Waals surface area contributed by atoms with Gasteiger partial charge in [-0.15, -0.1) is 0 Å². The summed E-state index contributed by atoms with van der Waals surface area (Å²) in [5.74, 6) is -1.41. The number of amides is 1. The highest BCUT2D eigenvalue weighted by Crippen LogP contribution is 2.33. The van der Waals surface area contributed by atoms with Crippen LogP contribution in [0.5, 0.6) is 0 Å². The number of hydrogen-bond acceptors (Lipinski definition) is 4. The number of ether oxygens (including phenoxy) is 1. The molecule has 0 aromatic rings. The third-order valence-corrected chi connectivity index (χ3v) is 4.22. The Morgan fingerprint density at radius 2 is 2.11 bits per heavy atom. The number of nitrogens with zero attached hydrogens (tertiary/aromatic N) is 1. The van der Waals surface area contributed by atoms with Crippen molar-refractivity contribution in [3.05, 3.63) is 0 Å². The number of carbonyl (C=O) groups is 2. The average molecular weight is 256 g/mol. The van der Waals surface area contributed by atoms with E-state index in [0.29, 0.717) is 19.8 Å². The normalized spacial score (nSPS) is 40.2. The lowest BCUT2D eigenvalue weighted by Gasteiger charge is -2.30. The Bertz CT molecular complexity index is 373. The van der Waals surface area contributed by atoms with Gasteiger partial charge in [0.1, 0.15) is 0 Å². The molecule has 4 atom stereocenters. The fourth-order valence-electron chi connectivity index (χ4n) is 2.72. The van der Waals surface area contributed by atoms with Gasteiger partial charge in [0, 0.05) is 19.1 Å². The summed E-state index contributed by atoms with van der Waals surface area (Å²) in [6.45, 7) is 5.12. The molecule has 2 heterocycles. The van der Waals surface area contributed by atoms with E-state index in [0.717, 1.165) is 0 Å². The van der Waals surface area contributed by atoms with Gasteiger partial charge in [0.05, 0.1) is 24.5 Å². The predicted molar refractivity (Wildman–Crippen MR) is 63.8 cm³/mol. The number of carboxylic acid groups (broad SMARTS) is 1. The zero-order chi connectivity index (χ0) is 13.5. The van der Waals surface area contributed by atoms with Crippen molar-refractivity contribution in [3.8, 4) is 0 Å². The molecule has 2 aliphatic rings. The molecule has 0 aromatic heterocycles. The van der Waals surface area contributed by atoms with Gasteiger partial charge in [0.25, 0.3) is 0 Å². The average Bonchev–Trinajstić information content (AvgIpc) is 2.83. The predicted octanol–water partition coefficient (Wildman–Crippen LogP) is -0.471. The van der Waals surface area contributed by atoms with E-state index in [4.69, 9.17) is 15.6 Å². The number of likely N-dealkylation sites (tertiary alicyclic amines) is 1. The molecule has 18 heavy (non-hydrogen) atoms. The second-order valence-corrected chi connectivity index (χ2v) is 5.67. The fourth-order valence-corrected chi connectivity index (χ4v) is 2.72. The first-order valence-corrected chi connectivity index (χ1v) is 6.21. The standard InChI is InChI=1S/C12H20N2O4/c1-7-3-14(4-8(7)10(15)16)11(17)12(2)6-18-5-9(12)13/h7-9H,3-6,13H2,1-2H3,(H,15,16)/t7-,8-,9?,12?/m1/s1. The van der Waals surface area contributed by atoms with Crippen molar-refractivity contribution in [1.29, 1.82) is 0 Å². The molecule has 2 aliphatic heterocycles. The van der Waals surface area contributed by atoms with Crippen molar-refractivity contribution in [1.82, 2.24) is 4.90 Å². The topological polar surface area (TPSA) is 92.9 Å². The van der Waals surface area contributed by atoms with Gasteiger partial charge in [-0.2, -0.15) is 0 Å². The van der Waals surface area contributed by atoms with Gasteiger partial charge in [-0.1, -0.05) is 6.92 Å². The zero-order valence-electron chi connectivity index (χ0n) is 10.8. The zero-order valence-corrected chi connectivity index (χ0v) is 10.8. The number of nitrogens with two attached hydrogens (primary N) is 1. The molecule has 0 bridgehead atoms. The van der Waals surface area contributed by atoms with Gasteiger partial charge >= 0.3 is 5.97 Å². The largest absolute Gasteiger partial charge is 0.481 e. The summed E-state index contributed by atoms with van der Waals surface area (Å²) in [7, 11) is 0. The van der Waals surface area contributed by atoms with Gasteiger partial charge in [-0.05, 0) is 12.8 Å². The second kappa shape index (κ2) is 4.51. The van der Waals surface area contributed by atoms with Crippen LogP contribution in [-0.4, -0.2) is 54.2 Å². The first kappa shape index (κ1) is 13.3. The smallest absolute Gasteiger partial charge is 0.308 e. The molecule has 0 spiro atoms. The minimum absolute atomic E-state index is 0.0198. The summed E-state index contributed by atoms with van der Waals surface area (Å²) in [6.07, 6.45) is 0. The molecular formula is C12H20N2O4. The molecule has 2 saturated heterocycles. The van der Waals surface area contributed by atoms with E-state index in [9.17, 15) is 9.59 Å². The third-order valence-electron chi connectivity index (χ3n) is 4.22. The molecule has 2 rings (SSSR count). The van der Waals surface area contributed by atoms with E-state index in [-0.39, 0.29) is 24.4 Å². The van der Waals surface area contributed by atoms with Crippen LogP contribution in [0.2, 0.25) is 0 Å². The minimum Gasteiger partial charge on any atom is -0.481 e. The fraction of sp³-hybridized carbons (Fsp3) is 0.833. The molecule has 6 heteroatoms. The molecule has 3 N–H and O–H groups in total. The van der Waals surface area contributed by atoms with Crippen molar-refractivity contribution >= 4 is 11.9 Å². The summed E-state index contributed by atoms with van der Waals surface area (Å²) in [5.41, 5.74) is 5.21. The molecule has 1 amide bonds. The van der Waals surface area contributed by atoms with E-state index in [1.807, 2.05) is 6.92 Å². The van der Waals surface area contributed by atoms with Crippen molar-refractivity contribution < 1.29 is 19.4 Å². The quantitative estimate of drug-likeness (QED) is 0.696. The highest BCUT2D eigenvalue weighted by molar-refractivity contribution is 5.85. The molecule has 2 unspecified atom stereocenters. The van der Waals surface area contributed by atoms with Crippen LogP contribution in [0.25, 0.3) is 0 Å². The molecular weight excluding hydrogens is 236 g/mol. The third kappa shape index (κ3) is 1.99. The SMILES string of the molecule is C[C@@H]1CN(C(=O)C2(C)COCC2N)C[C@H]1C(=O)O. The van der Waals surface area contributed by atoms with E-state index in [1.165, 1.54) is 0 Å². The van der Waals surface area contributed by atoms with Crippen LogP contribution in [0.3, 0.4) is 0 Å². The first-order chi connectivity index (χ1) is 8.36. The number of rotatable bonds is 2. The van der Waals surface area contributed by atoms with Crippen molar-refractivity contribution in [3.63, 3.8) is 0 Å². The maximum absolute atomic E-state index is 12.5. The molecule has 6 nitrogen and oxygen atoms in total. The van der Waals surface area contributed by atoms with Crippen molar-refractivity contribution in [2.45, 2.75) is 19.9 Å². The van der Waals surface area contributed by atoms with Crippen LogP contribution in [0, 0.1) is 17.3 Å². The van der Waals surface area contributed by atoms with Crippen LogP contribution in [0.15, 0.2) is 0 Å². The number of carbonyl (C=O) groups excluding carboxylic acids is 1. The molecule has 0 aliphatic carbocycles. The summed E-state index contributed by atoms with van der Waals surface area (Å²) < 4.78 is 5.27. The molecule has 2 fully saturated rings. The van der Waals surface area contributed by atoms with Gasteiger partial charge in [0.15, 0.2) is 0 Å². The van der Waals surface area contributed by atoms with Crippen molar-refractivity contribution in [2.24, 2.45) is 23.0 Å². The maximum atomic E-state index is 12.5. The summed E-state index contributed by atoms with van der Waals surface area (Å²) in [6, 6.07) is -0.316. The van der Waals surface area contributed by atoms with Crippen LogP contribution in [0.4, 0.5) is 0 Å². The maximum Gasteiger partial charge on any atom is 0.308 e. The summed E-state index contributed by atoms with van der Waals surface area (Å²) in [5, 5.41) is 9.08. The Labute approximate surface area is 106 Å².